The molecule has 82 valence electrons. The first kappa shape index (κ1) is 10.5. The molecule has 2 aliphatic rings. The van der Waals surface area contributed by atoms with Gasteiger partial charge in [0.25, 0.3) is 0 Å². The third kappa shape index (κ3) is 1.98. The lowest BCUT2D eigenvalue weighted by molar-refractivity contribution is -0.00337. The van der Waals surface area contributed by atoms with Gasteiger partial charge >= 0.3 is 0 Å². The van der Waals surface area contributed by atoms with E-state index in [1.54, 1.807) is 0 Å². The molecule has 0 radical (unpaired) electrons. The van der Waals surface area contributed by atoms with Crippen LogP contribution < -0.4 is 0 Å². The highest BCUT2D eigenvalue weighted by molar-refractivity contribution is 4.96. The van der Waals surface area contributed by atoms with Crippen LogP contribution in [0.1, 0.15) is 58.8 Å². The van der Waals surface area contributed by atoms with E-state index in [0.717, 1.165) is 5.92 Å². The molecule has 0 aromatic carbocycles. The molecular weight excluding hydrogens is 170 g/mol. The fourth-order valence-electron chi connectivity index (χ4n) is 3.63. The van der Waals surface area contributed by atoms with Crippen molar-refractivity contribution >= 4 is 0 Å². The summed E-state index contributed by atoms with van der Waals surface area (Å²) in [5.41, 5.74) is 0.630. The van der Waals surface area contributed by atoms with Crippen LogP contribution in [0.25, 0.3) is 0 Å². The van der Waals surface area contributed by atoms with Gasteiger partial charge < -0.3 is 0 Å². The zero-order chi connectivity index (χ0) is 10.0. The van der Waals surface area contributed by atoms with Crippen molar-refractivity contribution in [3.05, 3.63) is 0 Å². The number of piperidine rings is 2. The predicted octanol–water partition coefficient (Wildman–Crippen LogP) is 3.44. The summed E-state index contributed by atoms with van der Waals surface area (Å²) in [5, 5.41) is 0. The zero-order valence-electron chi connectivity index (χ0n) is 9.89. The highest BCUT2D eigenvalue weighted by Gasteiger charge is 2.40. The van der Waals surface area contributed by atoms with Crippen LogP contribution in [-0.2, 0) is 0 Å². The summed E-state index contributed by atoms with van der Waals surface area (Å²) in [6.45, 7) is 7.53. The summed E-state index contributed by atoms with van der Waals surface area (Å²) in [7, 11) is 0. The second kappa shape index (κ2) is 4.22. The van der Waals surface area contributed by atoms with Crippen molar-refractivity contribution in [2.24, 2.45) is 5.92 Å². The maximum absolute atomic E-state index is 2.82. The molecule has 14 heavy (non-hydrogen) atoms. The molecule has 2 fully saturated rings. The summed E-state index contributed by atoms with van der Waals surface area (Å²) in [6.07, 6.45) is 10.2. The Kier molecular flexibility index (Phi) is 3.16. The van der Waals surface area contributed by atoms with Gasteiger partial charge in [0, 0.05) is 5.54 Å². The number of hydrogen-bond donors (Lipinski definition) is 0. The number of nitrogens with zero attached hydrogens (tertiary/aromatic N) is 1. The summed E-state index contributed by atoms with van der Waals surface area (Å²) in [4.78, 5) is 2.82. The quantitative estimate of drug-likeness (QED) is 0.652. The van der Waals surface area contributed by atoms with Crippen LogP contribution in [-0.4, -0.2) is 23.5 Å². The summed E-state index contributed by atoms with van der Waals surface area (Å²) in [5.74, 6) is 0.869. The monoisotopic (exact) mass is 195 g/mol. The SMILES string of the molecule is CC(C)CC12CCCCN1CCCC2. The molecule has 0 aromatic rings. The third-order valence-electron chi connectivity index (χ3n) is 4.10. The zero-order valence-corrected chi connectivity index (χ0v) is 9.89. The molecule has 0 atom stereocenters. The van der Waals surface area contributed by atoms with Crippen LogP contribution in [0.15, 0.2) is 0 Å². The van der Waals surface area contributed by atoms with Crippen molar-refractivity contribution in [2.45, 2.75) is 64.3 Å². The predicted molar refractivity (Wildman–Crippen MR) is 61.5 cm³/mol. The Labute approximate surface area is 88.9 Å². The molecule has 1 nitrogen and oxygen atoms in total. The summed E-state index contributed by atoms with van der Waals surface area (Å²) < 4.78 is 0. The Hall–Kier alpha value is -0.0400. The highest BCUT2D eigenvalue weighted by atomic mass is 15.2. The molecule has 0 bridgehead atoms. The van der Waals surface area contributed by atoms with Gasteiger partial charge in [0.15, 0.2) is 0 Å². The molecule has 2 aliphatic heterocycles. The highest BCUT2D eigenvalue weighted by Crippen LogP contribution is 2.40. The standard InChI is InChI=1S/C13H25N/c1-12(2)11-13-7-3-5-9-14(13)10-6-4-8-13/h12H,3-11H2,1-2H3. The van der Waals surface area contributed by atoms with Gasteiger partial charge in [-0.1, -0.05) is 26.7 Å². The normalized spacial score (nSPS) is 27.6. The molecule has 0 saturated carbocycles. The Bertz CT molecular complexity index is 174. The van der Waals surface area contributed by atoms with Gasteiger partial charge in [-0.25, -0.2) is 0 Å². The van der Waals surface area contributed by atoms with Crippen molar-refractivity contribution < 1.29 is 0 Å². The van der Waals surface area contributed by atoms with E-state index >= 15 is 0 Å². The van der Waals surface area contributed by atoms with Crippen LogP contribution in [0.4, 0.5) is 0 Å². The van der Waals surface area contributed by atoms with E-state index in [1.807, 2.05) is 0 Å². The lowest BCUT2D eigenvalue weighted by atomic mass is 9.74. The Morgan fingerprint density at radius 1 is 1.00 bits per heavy atom. The van der Waals surface area contributed by atoms with Gasteiger partial charge in [0.2, 0.25) is 0 Å². The van der Waals surface area contributed by atoms with Gasteiger partial charge in [-0.05, 0) is 51.1 Å². The van der Waals surface area contributed by atoms with E-state index in [9.17, 15) is 0 Å². The summed E-state index contributed by atoms with van der Waals surface area (Å²) >= 11 is 0. The average molecular weight is 195 g/mol. The summed E-state index contributed by atoms with van der Waals surface area (Å²) in [6, 6.07) is 0. The van der Waals surface area contributed by atoms with E-state index < -0.39 is 0 Å². The lowest BCUT2D eigenvalue weighted by Crippen LogP contribution is -2.55. The molecule has 0 aliphatic carbocycles. The molecular formula is C13H25N. The van der Waals surface area contributed by atoms with E-state index in [4.69, 9.17) is 0 Å². The second-order valence-electron chi connectivity index (χ2n) is 5.72. The van der Waals surface area contributed by atoms with Crippen LogP contribution in [0.2, 0.25) is 0 Å². The van der Waals surface area contributed by atoms with E-state index in [2.05, 4.69) is 18.7 Å². The lowest BCUT2D eigenvalue weighted by Gasteiger charge is -2.51. The molecule has 2 rings (SSSR count). The molecule has 2 saturated heterocycles. The fraction of sp³-hybridized carbons (Fsp3) is 1.00. The average Bonchev–Trinajstić information content (AvgIpc) is 2.16. The minimum absolute atomic E-state index is 0.630. The minimum atomic E-state index is 0.630. The maximum atomic E-state index is 2.82. The van der Waals surface area contributed by atoms with Gasteiger partial charge in [0.1, 0.15) is 0 Å². The first-order chi connectivity index (χ1) is 6.73. The number of fused-ring (bicyclic) bond motifs is 1. The van der Waals surface area contributed by atoms with Crippen molar-refractivity contribution in [1.29, 1.82) is 0 Å². The van der Waals surface area contributed by atoms with Crippen LogP contribution in [0.3, 0.4) is 0 Å². The number of rotatable bonds is 2. The van der Waals surface area contributed by atoms with Gasteiger partial charge in [-0.3, -0.25) is 4.90 Å². The molecule has 0 N–H and O–H groups in total. The molecule has 0 amide bonds. The van der Waals surface area contributed by atoms with Gasteiger partial charge in [0.05, 0.1) is 0 Å². The number of hydrogen-bond acceptors (Lipinski definition) is 1. The van der Waals surface area contributed by atoms with Gasteiger partial charge in [-0.15, -0.1) is 0 Å². The van der Waals surface area contributed by atoms with Crippen LogP contribution in [0, 0.1) is 5.92 Å². The topological polar surface area (TPSA) is 3.24 Å². The van der Waals surface area contributed by atoms with Crippen molar-refractivity contribution in [1.82, 2.24) is 4.90 Å². The van der Waals surface area contributed by atoms with Crippen molar-refractivity contribution in [3.8, 4) is 0 Å². The third-order valence-corrected chi connectivity index (χ3v) is 4.10. The second-order valence-corrected chi connectivity index (χ2v) is 5.72. The van der Waals surface area contributed by atoms with Crippen LogP contribution >= 0.6 is 0 Å². The first-order valence-corrected chi connectivity index (χ1v) is 6.48. The minimum Gasteiger partial charge on any atom is -0.298 e. The van der Waals surface area contributed by atoms with Crippen LogP contribution in [0.5, 0.6) is 0 Å². The Morgan fingerprint density at radius 3 is 2.07 bits per heavy atom. The van der Waals surface area contributed by atoms with Gasteiger partial charge in [-0.2, -0.15) is 0 Å². The fourth-order valence-corrected chi connectivity index (χ4v) is 3.63. The largest absolute Gasteiger partial charge is 0.298 e. The molecule has 0 aromatic heterocycles. The van der Waals surface area contributed by atoms with E-state index in [-0.39, 0.29) is 0 Å². The maximum Gasteiger partial charge on any atom is 0.0212 e. The van der Waals surface area contributed by atoms with E-state index in [0.29, 0.717) is 5.54 Å². The molecule has 2 heterocycles. The molecule has 0 spiro atoms. The Balaban J connectivity index is 2.08. The smallest absolute Gasteiger partial charge is 0.0212 e. The molecule has 0 unspecified atom stereocenters. The Morgan fingerprint density at radius 2 is 1.57 bits per heavy atom. The van der Waals surface area contributed by atoms with Crippen molar-refractivity contribution in [3.63, 3.8) is 0 Å². The molecule has 1 heteroatoms. The van der Waals surface area contributed by atoms with E-state index in [1.165, 1.54) is 58.0 Å². The first-order valence-electron chi connectivity index (χ1n) is 6.48. The van der Waals surface area contributed by atoms with Crippen molar-refractivity contribution in [2.75, 3.05) is 13.1 Å².